The Morgan fingerprint density at radius 1 is 1.44 bits per heavy atom. The van der Waals surface area contributed by atoms with E-state index in [4.69, 9.17) is 9.47 Å². The van der Waals surface area contributed by atoms with E-state index in [-0.39, 0.29) is 6.61 Å². The molecule has 7 heteroatoms. The van der Waals surface area contributed by atoms with Crippen molar-refractivity contribution in [2.24, 2.45) is 0 Å². The highest BCUT2D eigenvalue weighted by Crippen LogP contribution is 2.15. The first kappa shape index (κ1) is 14.8. The number of esters is 1. The molecule has 0 radical (unpaired) electrons. The molecule has 0 aromatic heterocycles. The van der Waals surface area contributed by atoms with E-state index in [1.165, 1.54) is 0 Å². The van der Waals surface area contributed by atoms with Crippen LogP contribution in [0.3, 0.4) is 0 Å². The maximum absolute atomic E-state index is 11.9. The predicted octanol–water partition coefficient (Wildman–Crippen LogP) is 0.306. The summed E-state index contributed by atoms with van der Waals surface area (Å²) >= 11 is 0. The van der Waals surface area contributed by atoms with E-state index in [0.717, 1.165) is 0 Å². The lowest BCUT2D eigenvalue weighted by molar-refractivity contribution is -0.528. The molecule has 104 valence electrons. The van der Waals surface area contributed by atoms with Crippen LogP contribution < -0.4 is 0 Å². The minimum Gasteiger partial charge on any atom is -0.465 e. The van der Waals surface area contributed by atoms with E-state index >= 15 is 0 Å². The van der Waals surface area contributed by atoms with E-state index in [9.17, 15) is 14.9 Å². The molecule has 0 aromatic rings. The van der Waals surface area contributed by atoms with Gasteiger partial charge in [0, 0.05) is 24.4 Å². The molecular formula is C11H20N2O5. The third kappa shape index (κ3) is 3.64. The van der Waals surface area contributed by atoms with Crippen molar-refractivity contribution < 1.29 is 19.2 Å². The molecule has 1 rings (SSSR count). The van der Waals surface area contributed by atoms with E-state index < -0.39 is 23.0 Å². The molecule has 7 nitrogen and oxygen atoms in total. The Balaban J connectivity index is 2.84. The SMILES string of the molecule is CCOC(=O)C(C(CC)[N+](=O)[O-])N1CCOCC1. The van der Waals surface area contributed by atoms with Crippen molar-refractivity contribution in [3.05, 3.63) is 10.1 Å². The van der Waals surface area contributed by atoms with Gasteiger partial charge in [-0.2, -0.15) is 0 Å². The van der Waals surface area contributed by atoms with Gasteiger partial charge in [-0.3, -0.25) is 19.8 Å². The van der Waals surface area contributed by atoms with Gasteiger partial charge in [-0.1, -0.05) is 6.92 Å². The molecule has 2 unspecified atom stereocenters. The molecule has 0 saturated carbocycles. The quantitative estimate of drug-likeness (QED) is 0.388. The van der Waals surface area contributed by atoms with Crippen molar-refractivity contribution in [1.29, 1.82) is 0 Å². The van der Waals surface area contributed by atoms with Crippen molar-refractivity contribution in [2.45, 2.75) is 32.4 Å². The lowest BCUT2D eigenvalue weighted by atomic mass is 10.0. The van der Waals surface area contributed by atoms with E-state index in [1.807, 2.05) is 0 Å². The van der Waals surface area contributed by atoms with Crippen molar-refractivity contribution >= 4 is 5.97 Å². The minimum absolute atomic E-state index is 0.230. The van der Waals surface area contributed by atoms with Gasteiger partial charge in [0.25, 0.3) is 0 Å². The van der Waals surface area contributed by atoms with Crippen molar-refractivity contribution in [3.8, 4) is 0 Å². The van der Waals surface area contributed by atoms with Gasteiger partial charge in [-0.25, -0.2) is 0 Å². The monoisotopic (exact) mass is 260 g/mol. The Morgan fingerprint density at radius 3 is 2.50 bits per heavy atom. The lowest BCUT2D eigenvalue weighted by Gasteiger charge is -2.33. The van der Waals surface area contributed by atoms with Gasteiger partial charge in [0.2, 0.25) is 6.04 Å². The summed E-state index contributed by atoms with van der Waals surface area (Å²) in [7, 11) is 0. The fourth-order valence-corrected chi connectivity index (χ4v) is 2.12. The molecule has 2 atom stereocenters. The van der Waals surface area contributed by atoms with Crippen molar-refractivity contribution in [1.82, 2.24) is 4.90 Å². The largest absolute Gasteiger partial charge is 0.465 e. The van der Waals surface area contributed by atoms with Gasteiger partial charge in [-0.05, 0) is 6.92 Å². The standard InChI is InChI=1S/C11H20N2O5/c1-3-9(13(15)16)10(11(14)18-4-2)12-5-7-17-8-6-12/h9-10H,3-8H2,1-2H3. The molecule has 0 aromatic carbocycles. The van der Waals surface area contributed by atoms with Gasteiger partial charge >= 0.3 is 5.97 Å². The van der Waals surface area contributed by atoms with Crippen LogP contribution in [0, 0.1) is 10.1 Å². The molecule has 0 bridgehead atoms. The molecule has 1 fully saturated rings. The van der Waals surface area contributed by atoms with Gasteiger partial charge in [0.05, 0.1) is 19.8 Å². The molecule has 0 amide bonds. The van der Waals surface area contributed by atoms with Crippen molar-refractivity contribution in [3.63, 3.8) is 0 Å². The highest BCUT2D eigenvalue weighted by atomic mass is 16.6. The Bertz CT molecular complexity index is 291. The van der Waals surface area contributed by atoms with Gasteiger partial charge < -0.3 is 9.47 Å². The summed E-state index contributed by atoms with van der Waals surface area (Å²) in [6.45, 7) is 5.66. The van der Waals surface area contributed by atoms with Crippen LogP contribution in [-0.4, -0.2) is 60.8 Å². The number of carbonyl (C=O) groups excluding carboxylic acids is 1. The predicted molar refractivity (Wildman–Crippen MR) is 63.9 cm³/mol. The fourth-order valence-electron chi connectivity index (χ4n) is 2.12. The average molecular weight is 260 g/mol. The number of morpholine rings is 1. The fraction of sp³-hybridized carbons (Fsp3) is 0.909. The van der Waals surface area contributed by atoms with Crippen LogP contribution in [0.15, 0.2) is 0 Å². The molecule has 1 heterocycles. The Labute approximate surface area is 106 Å². The minimum atomic E-state index is -0.929. The third-order valence-corrected chi connectivity index (χ3v) is 3.02. The molecule has 18 heavy (non-hydrogen) atoms. The van der Waals surface area contributed by atoms with Crippen LogP contribution in [0.4, 0.5) is 0 Å². The summed E-state index contributed by atoms with van der Waals surface area (Å²) in [5.41, 5.74) is 0. The molecular weight excluding hydrogens is 240 g/mol. The first-order valence-corrected chi connectivity index (χ1v) is 6.23. The van der Waals surface area contributed by atoms with Crippen molar-refractivity contribution in [2.75, 3.05) is 32.9 Å². The first-order chi connectivity index (χ1) is 8.61. The number of hydrogen-bond acceptors (Lipinski definition) is 6. The molecule has 1 aliphatic rings. The van der Waals surface area contributed by atoms with Crippen LogP contribution in [0.2, 0.25) is 0 Å². The molecule has 0 spiro atoms. The maximum atomic E-state index is 11.9. The first-order valence-electron chi connectivity index (χ1n) is 6.23. The zero-order chi connectivity index (χ0) is 13.5. The van der Waals surface area contributed by atoms with E-state index in [2.05, 4.69) is 0 Å². The van der Waals surface area contributed by atoms with Gasteiger partial charge in [0.1, 0.15) is 0 Å². The molecule has 0 N–H and O–H groups in total. The number of ether oxygens (including phenoxy) is 2. The second-order valence-electron chi connectivity index (χ2n) is 4.11. The number of nitrogens with zero attached hydrogens (tertiary/aromatic N) is 2. The van der Waals surface area contributed by atoms with E-state index in [1.54, 1.807) is 18.7 Å². The zero-order valence-corrected chi connectivity index (χ0v) is 10.8. The highest BCUT2D eigenvalue weighted by Gasteiger charge is 2.41. The van der Waals surface area contributed by atoms with E-state index in [0.29, 0.717) is 32.7 Å². The maximum Gasteiger partial charge on any atom is 0.330 e. The summed E-state index contributed by atoms with van der Waals surface area (Å²) in [6, 6.07) is -1.74. The highest BCUT2D eigenvalue weighted by molar-refractivity contribution is 5.76. The number of carbonyl (C=O) groups is 1. The number of nitro groups is 1. The topological polar surface area (TPSA) is 81.9 Å². The van der Waals surface area contributed by atoms with Gasteiger partial charge in [0.15, 0.2) is 6.04 Å². The lowest BCUT2D eigenvalue weighted by Crippen LogP contribution is -2.55. The van der Waals surface area contributed by atoms with Crippen LogP contribution >= 0.6 is 0 Å². The average Bonchev–Trinajstić information content (AvgIpc) is 2.36. The zero-order valence-electron chi connectivity index (χ0n) is 10.8. The number of hydrogen-bond donors (Lipinski definition) is 0. The van der Waals surface area contributed by atoms with Crippen LogP contribution in [0.1, 0.15) is 20.3 Å². The smallest absolute Gasteiger partial charge is 0.330 e. The third-order valence-electron chi connectivity index (χ3n) is 3.02. The van der Waals surface area contributed by atoms with Crippen LogP contribution in [-0.2, 0) is 14.3 Å². The summed E-state index contributed by atoms with van der Waals surface area (Å²) < 4.78 is 10.2. The van der Waals surface area contributed by atoms with Crippen LogP contribution in [0.25, 0.3) is 0 Å². The summed E-state index contributed by atoms with van der Waals surface area (Å²) in [6.07, 6.45) is 0.299. The number of rotatable bonds is 6. The Kier molecular flexibility index (Phi) is 6.00. The van der Waals surface area contributed by atoms with Gasteiger partial charge in [-0.15, -0.1) is 0 Å². The Morgan fingerprint density at radius 2 is 2.06 bits per heavy atom. The molecule has 1 saturated heterocycles. The summed E-state index contributed by atoms with van der Waals surface area (Å²) in [5, 5.41) is 11.1. The summed E-state index contributed by atoms with van der Waals surface area (Å²) in [5.74, 6) is -0.511. The van der Waals surface area contributed by atoms with Crippen LogP contribution in [0.5, 0.6) is 0 Å². The molecule has 0 aliphatic carbocycles. The molecule has 1 aliphatic heterocycles. The normalized spacial score (nSPS) is 20.1. The second kappa shape index (κ2) is 7.27. The second-order valence-corrected chi connectivity index (χ2v) is 4.11. The summed E-state index contributed by atoms with van der Waals surface area (Å²) in [4.78, 5) is 24.4. The Hall–Kier alpha value is -1.21.